The first-order chi connectivity index (χ1) is 2.89. The van der Waals surface area contributed by atoms with E-state index in [0.29, 0.717) is 0 Å². The molecule has 0 fully saturated rings. The van der Waals surface area contributed by atoms with Crippen LogP contribution >= 0.6 is 0 Å². The van der Waals surface area contributed by atoms with Crippen LogP contribution in [0.3, 0.4) is 0 Å². The Morgan fingerprint density at radius 2 is 2.67 bits per heavy atom. The number of hydrogen-bond acceptors (Lipinski definition) is 1. The largest absolute Gasteiger partial charge is 0.333 e. The standard InChI is InChI=1S/C4H5N2/c1-6-3-2-5-4-6/h2,4H,1H3. The Balaban J connectivity index is 3.05. The van der Waals surface area contributed by atoms with Crippen LogP contribution in [-0.2, 0) is 7.05 Å². The first-order valence-electron chi connectivity index (χ1n) is 1.73. The summed E-state index contributed by atoms with van der Waals surface area (Å²) in [6.07, 6.45) is 6.12. The Labute approximate surface area is 36.4 Å². The number of aromatic nitrogens is 2. The molecule has 0 spiro atoms. The van der Waals surface area contributed by atoms with Gasteiger partial charge in [0.25, 0.3) is 0 Å². The van der Waals surface area contributed by atoms with Crippen molar-refractivity contribution in [1.29, 1.82) is 0 Å². The molecule has 1 aromatic heterocycles. The summed E-state index contributed by atoms with van der Waals surface area (Å²) >= 11 is 0. The zero-order valence-corrected chi connectivity index (χ0v) is 3.55. The first-order valence-corrected chi connectivity index (χ1v) is 1.73. The molecule has 31 valence electrons. The molecule has 2 nitrogen and oxygen atoms in total. The third-order valence-corrected chi connectivity index (χ3v) is 0.576. The Morgan fingerprint density at radius 1 is 1.83 bits per heavy atom. The lowest BCUT2D eigenvalue weighted by Gasteiger charge is -1.75. The summed E-state index contributed by atoms with van der Waals surface area (Å²) in [7, 11) is 1.88. The van der Waals surface area contributed by atoms with Crippen LogP contribution in [0, 0.1) is 6.20 Å². The van der Waals surface area contributed by atoms with E-state index in [0.717, 1.165) is 0 Å². The van der Waals surface area contributed by atoms with Crippen LogP contribution in [0.1, 0.15) is 0 Å². The molecule has 0 saturated heterocycles. The van der Waals surface area contributed by atoms with Crippen LogP contribution in [-0.4, -0.2) is 9.55 Å². The van der Waals surface area contributed by atoms with E-state index in [1.807, 2.05) is 7.05 Å². The molecule has 1 heterocycles. The van der Waals surface area contributed by atoms with E-state index in [-0.39, 0.29) is 0 Å². The van der Waals surface area contributed by atoms with E-state index in [2.05, 4.69) is 11.2 Å². The number of hydrogen-bond donors (Lipinski definition) is 0. The van der Waals surface area contributed by atoms with E-state index in [4.69, 9.17) is 0 Å². The predicted octanol–water partition coefficient (Wildman–Crippen LogP) is 0.220. The topological polar surface area (TPSA) is 17.8 Å². The van der Waals surface area contributed by atoms with Gasteiger partial charge in [-0.1, -0.05) is 0 Å². The van der Waals surface area contributed by atoms with E-state index < -0.39 is 0 Å². The number of rotatable bonds is 0. The van der Waals surface area contributed by atoms with Crippen molar-refractivity contribution >= 4 is 0 Å². The van der Waals surface area contributed by atoms with Gasteiger partial charge in [-0.15, -0.1) is 0 Å². The molecule has 2 heteroatoms. The van der Waals surface area contributed by atoms with E-state index in [9.17, 15) is 0 Å². The Bertz CT molecular complexity index is 109. The Morgan fingerprint density at radius 3 is 2.83 bits per heavy atom. The molecule has 0 amide bonds. The lowest BCUT2D eigenvalue weighted by Crippen LogP contribution is -1.77. The lowest BCUT2D eigenvalue weighted by molar-refractivity contribution is 0.906. The monoisotopic (exact) mass is 81.0 g/mol. The first kappa shape index (κ1) is 3.40. The van der Waals surface area contributed by atoms with Crippen LogP contribution in [0.4, 0.5) is 0 Å². The second kappa shape index (κ2) is 1.12. The van der Waals surface area contributed by atoms with Crippen molar-refractivity contribution in [2.75, 3.05) is 0 Å². The van der Waals surface area contributed by atoms with Crippen molar-refractivity contribution in [2.24, 2.45) is 7.05 Å². The molecule has 0 bridgehead atoms. The Kier molecular flexibility index (Phi) is 0.638. The minimum atomic E-state index is 1.62. The van der Waals surface area contributed by atoms with Crippen LogP contribution in [0.15, 0.2) is 12.5 Å². The zero-order chi connectivity index (χ0) is 4.41. The molecule has 1 aromatic rings. The van der Waals surface area contributed by atoms with Crippen molar-refractivity contribution in [2.45, 2.75) is 0 Å². The van der Waals surface area contributed by atoms with Crippen LogP contribution in [0.5, 0.6) is 0 Å². The maximum atomic E-state index is 3.73. The highest BCUT2D eigenvalue weighted by Crippen LogP contribution is 1.71. The van der Waals surface area contributed by atoms with Gasteiger partial charge in [0.15, 0.2) is 0 Å². The second-order valence-corrected chi connectivity index (χ2v) is 1.13. The molecular weight excluding hydrogens is 76.1 g/mol. The van der Waals surface area contributed by atoms with Gasteiger partial charge in [-0.25, -0.2) is 4.98 Å². The van der Waals surface area contributed by atoms with Crippen LogP contribution in [0.2, 0.25) is 0 Å². The van der Waals surface area contributed by atoms with Gasteiger partial charge in [0, 0.05) is 7.05 Å². The minimum Gasteiger partial charge on any atom is -0.333 e. The van der Waals surface area contributed by atoms with Gasteiger partial charge in [-0.05, 0) is 0 Å². The molecular formula is C4H5N2. The summed E-state index contributed by atoms with van der Waals surface area (Å²) in [5, 5.41) is 0. The van der Waals surface area contributed by atoms with Crippen molar-refractivity contribution < 1.29 is 0 Å². The fourth-order valence-electron chi connectivity index (χ4n) is 0.291. The smallest absolute Gasteiger partial charge is 0.0948 e. The summed E-state index contributed by atoms with van der Waals surface area (Å²) in [6, 6.07) is 0. The van der Waals surface area contributed by atoms with Gasteiger partial charge >= 0.3 is 0 Å². The summed E-state index contributed by atoms with van der Waals surface area (Å²) in [5.74, 6) is 0. The maximum Gasteiger partial charge on any atom is 0.0948 e. The molecule has 6 heavy (non-hydrogen) atoms. The minimum absolute atomic E-state index is 1.62. The number of nitrogens with zero attached hydrogens (tertiary/aromatic N) is 2. The van der Waals surface area contributed by atoms with Crippen molar-refractivity contribution in [3.63, 3.8) is 0 Å². The SMILES string of the molecule is Cn1[c]cnc1. The summed E-state index contributed by atoms with van der Waals surface area (Å²) in [5.41, 5.74) is 0. The van der Waals surface area contributed by atoms with Crippen molar-refractivity contribution in [3.05, 3.63) is 18.7 Å². The van der Waals surface area contributed by atoms with Crippen molar-refractivity contribution in [1.82, 2.24) is 9.55 Å². The summed E-state index contributed by atoms with van der Waals surface area (Å²) in [4.78, 5) is 3.73. The average molecular weight is 81.1 g/mol. The summed E-state index contributed by atoms with van der Waals surface area (Å²) in [6.45, 7) is 0. The second-order valence-electron chi connectivity index (χ2n) is 1.13. The predicted molar refractivity (Wildman–Crippen MR) is 22.0 cm³/mol. The molecule has 0 atom stereocenters. The fourth-order valence-corrected chi connectivity index (χ4v) is 0.291. The van der Waals surface area contributed by atoms with Gasteiger partial charge in [0.2, 0.25) is 0 Å². The molecule has 0 aliphatic carbocycles. The van der Waals surface area contributed by atoms with Crippen LogP contribution in [0.25, 0.3) is 0 Å². The van der Waals surface area contributed by atoms with Gasteiger partial charge in [-0.2, -0.15) is 0 Å². The molecule has 0 aromatic carbocycles. The molecule has 0 N–H and O–H groups in total. The third kappa shape index (κ3) is 0.407. The van der Waals surface area contributed by atoms with E-state index >= 15 is 0 Å². The van der Waals surface area contributed by atoms with Gasteiger partial charge in [-0.3, -0.25) is 0 Å². The quantitative estimate of drug-likeness (QED) is 0.437. The van der Waals surface area contributed by atoms with Crippen LogP contribution < -0.4 is 0 Å². The highest BCUT2D eigenvalue weighted by Gasteiger charge is 1.70. The highest BCUT2D eigenvalue weighted by atomic mass is 15.0. The number of imidazole rings is 1. The van der Waals surface area contributed by atoms with Gasteiger partial charge in [0.05, 0.1) is 18.7 Å². The number of aryl methyl sites for hydroxylation is 1. The van der Waals surface area contributed by atoms with Gasteiger partial charge < -0.3 is 4.57 Å². The molecule has 0 saturated carbocycles. The molecule has 0 aliphatic rings. The lowest BCUT2D eigenvalue weighted by atomic mass is 10.9. The fraction of sp³-hybridized carbons (Fsp3) is 0.250. The Hall–Kier alpha value is -0.790. The summed E-state index contributed by atoms with van der Waals surface area (Å²) < 4.78 is 1.76. The molecule has 1 radical (unpaired) electrons. The van der Waals surface area contributed by atoms with E-state index in [1.165, 1.54) is 0 Å². The highest BCUT2D eigenvalue weighted by molar-refractivity contribution is 4.67. The maximum absolute atomic E-state index is 3.73. The average Bonchev–Trinajstić information content (AvgIpc) is 1.86. The molecule has 0 aliphatic heterocycles. The van der Waals surface area contributed by atoms with E-state index in [1.54, 1.807) is 17.1 Å². The van der Waals surface area contributed by atoms with Crippen molar-refractivity contribution in [3.8, 4) is 0 Å². The molecule has 1 rings (SSSR count). The molecule has 0 unspecified atom stereocenters. The third-order valence-electron chi connectivity index (χ3n) is 0.576. The normalized spacial score (nSPS) is 8.83. The zero-order valence-electron chi connectivity index (χ0n) is 3.55. The van der Waals surface area contributed by atoms with Gasteiger partial charge in [0.1, 0.15) is 0 Å².